The Hall–Kier alpha value is -1.53. The first-order chi connectivity index (χ1) is 9.88. The van der Waals surface area contributed by atoms with Gasteiger partial charge in [-0.05, 0) is 25.7 Å². The zero-order valence-electron chi connectivity index (χ0n) is 11.8. The van der Waals surface area contributed by atoms with Crippen LogP contribution < -0.4 is 0 Å². The van der Waals surface area contributed by atoms with Crippen molar-refractivity contribution < 1.29 is 22.8 Å². The highest BCUT2D eigenvalue weighted by Crippen LogP contribution is 2.23. The van der Waals surface area contributed by atoms with Crippen LogP contribution in [-0.2, 0) is 9.59 Å². The van der Waals surface area contributed by atoms with Gasteiger partial charge in [0.25, 0.3) is 0 Å². The van der Waals surface area contributed by atoms with Crippen LogP contribution in [0, 0.1) is 0 Å². The van der Waals surface area contributed by atoms with E-state index >= 15 is 0 Å². The molecule has 1 saturated heterocycles. The maximum Gasteiger partial charge on any atom is 0.471 e. The molecule has 1 saturated carbocycles. The first-order valence-corrected chi connectivity index (χ1v) is 7.22. The van der Waals surface area contributed by atoms with Crippen molar-refractivity contribution in [3.8, 4) is 0 Å². The van der Waals surface area contributed by atoms with Crippen LogP contribution in [-0.4, -0.2) is 54.0 Å². The molecule has 0 N–H and O–H groups in total. The second-order valence-corrected chi connectivity index (χ2v) is 5.48. The summed E-state index contributed by atoms with van der Waals surface area (Å²) in [5, 5.41) is 0. The van der Waals surface area contributed by atoms with Gasteiger partial charge in [0.1, 0.15) is 0 Å². The Morgan fingerprint density at radius 2 is 1.43 bits per heavy atom. The average Bonchev–Trinajstić information content (AvgIpc) is 2.46. The molecule has 0 atom stereocenters. The molecule has 0 aromatic heterocycles. The monoisotopic (exact) mass is 304 g/mol. The van der Waals surface area contributed by atoms with Gasteiger partial charge in [0, 0.05) is 32.3 Å². The number of carbonyl (C=O) groups is 2. The molecule has 2 rings (SSSR count). The highest BCUT2D eigenvalue weighted by atomic mass is 19.4. The number of hydrogen-bond acceptors (Lipinski definition) is 2. The Labute approximate surface area is 121 Å². The highest BCUT2D eigenvalue weighted by molar-refractivity contribution is 5.88. The van der Waals surface area contributed by atoms with Crippen molar-refractivity contribution in [1.82, 2.24) is 9.80 Å². The lowest BCUT2D eigenvalue weighted by molar-refractivity contribution is -0.187. The molecular formula is C14H19F3N2O2. The summed E-state index contributed by atoms with van der Waals surface area (Å²) in [6.07, 6.45) is 2.01. The number of alkyl halides is 3. The summed E-state index contributed by atoms with van der Waals surface area (Å²) in [6.45, 7) is 0.190. The minimum absolute atomic E-state index is 0.0622. The van der Waals surface area contributed by atoms with E-state index in [0.29, 0.717) is 0 Å². The second-order valence-electron chi connectivity index (χ2n) is 5.48. The van der Waals surface area contributed by atoms with Gasteiger partial charge < -0.3 is 9.80 Å². The molecule has 4 nitrogen and oxygen atoms in total. The van der Waals surface area contributed by atoms with Crippen molar-refractivity contribution in [2.45, 2.75) is 38.3 Å². The minimum Gasteiger partial charge on any atom is -0.336 e. The predicted molar refractivity (Wildman–Crippen MR) is 70.4 cm³/mol. The minimum atomic E-state index is -4.84. The Bertz CT molecular complexity index is 430. The van der Waals surface area contributed by atoms with Crippen molar-refractivity contribution in [3.63, 3.8) is 0 Å². The van der Waals surface area contributed by atoms with Crippen LogP contribution in [0.15, 0.2) is 11.6 Å². The molecule has 2 aliphatic rings. The Balaban J connectivity index is 1.86. The lowest BCUT2D eigenvalue weighted by atomic mass is 9.94. The van der Waals surface area contributed by atoms with Crippen molar-refractivity contribution in [2.75, 3.05) is 26.2 Å². The Morgan fingerprint density at radius 3 is 1.95 bits per heavy atom. The summed E-state index contributed by atoms with van der Waals surface area (Å²) in [7, 11) is 0. The molecule has 0 aromatic rings. The Morgan fingerprint density at radius 1 is 0.905 bits per heavy atom. The molecular weight excluding hydrogens is 285 g/mol. The van der Waals surface area contributed by atoms with Crippen molar-refractivity contribution in [2.24, 2.45) is 0 Å². The zero-order chi connectivity index (χ0) is 15.5. The van der Waals surface area contributed by atoms with E-state index in [2.05, 4.69) is 0 Å². The number of halogens is 3. The molecule has 1 aliphatic carbocycles. The molecule has 7 heteroatoms. The molecule has 0 radical (unpaired) electrons. The van der Waals surface area contributed by atoms with Gasteiger partial charge in [0.15, 0.2) is 0 Å². The second kappa shape index (κ2) is 6.49. The zero-order valence-corrected chi connectivity index (χ0v) is 11.8. The van der Waals surface area contributed by atoms with Crippen LogP contribution >= 0.6 is 0 Å². The quantitative estimate of drug-likeness (QED) is 0.696. The third-order valence-electron chi connectivity index (χ3n) is 3.94. The molecule has 0 aromatic carbocycles. The summed E-state index contributed by atoms with van der Waals surface area (Å²) in [5.74, 6) is -1.97. The Kier molecular flexibility index (Phi) is 4.90. The van der Waals surface area contributed by atoms with E-state index in [1.54, 1.807) is 6.08 Å². The van der Waals surface area contributed by atoms with Crippen LogP contribution in [0.3, 0.4) is 0 Å². The number of hydrogen-bond donors (Lipinski definition) is 0. The largest absolute Gasteiger partial charge is 0.471 e. The molecule has 1 heterocycles. The maximum absolute atomic E-state index is 12.3. The van der Waals surface area contributed by atoms with Gasteiger partial charge in [0.05, 0.1) is 0 Å². The van der Waals surface area contributed by atoms with Gasteiger partial charge in [0.2, 0.25) is 5.91 Å². The molecule has 0 spiro atoms. The van der Waals surface area contributed by atoms with Gasteiger partial charge in [-0.2, -0.15) is 13.2 Å². The maximum atomic E-state index is 12.3. The highest BCUT2D eigenvalue weighted by Gasteiger charge is 2.43. The molecule has 118 valence electrons. The standard InChI is InChI=1S/C14H19F3N2O2/c15-14(16,17)13(21)19-8-6-18(7-9-19)12(20)10-11-4-2-1-3-5-11/h10H,1-9H2. The van der Waals surface area contributed by atoms with Crippen LogP contribution in [0.1, 0.15) is 32.1 Å². The van der Waals surface area contributed by atoms with Crippen molar-refractivity contribution >= 4 is 11.8 Å². The summed E-state index contributed by atoms with van der Waals surface area (Å²) in [4.78, 5) is 25.4. The van der Waals surface area contributed by atoms with E-state index in [1.807, 2.05) is 0 Å². The fourth-order valence-electron chi connectivity index (χ4n) is 2.73. The first kappa shape index (κ1) is 15.9. The van der Waals surface area contributed by atoms with E-state index in [9.17, 15) is 22.8 Å². The fourth-order valence-corrected chi connectivity index (χ4v) is 2.73. The normalized spacial score (nSPS) is 20.4. The van der Waals surface area contributed by atoms with E-state index in [-0.39, 0.29) is 32.1 Å². The summed E-state index contributed by atoms with van der Waals surface area (Å²) < 4.78 is 37.0. The van der Waals surface area contributed by atoms with Gasteiger partial charge in [-0.3, -0.25) is 9.59 Å². The van der Waals surface area contributed by atoms with Crippen LogP contribution in [0.25, 0.3) is 0 Å². The number of nitrogens with zero attached hydrogens (tertiary/aromatic N) is 2. The van der Waals surface area contributed by atoms with Gasteiger partial charge in [-0.25, -0.2) is 0 Å². The summed E-state index contributed by atoms with van der Waals surface area (Å²) >= 11 is 0. The lowest BCUT2D eigenvalue weighted by Crippen LogP contribution is -2.53. The smallest absolute Gasteiger partial charge is 0.336 e. The summed E-state index contributed by atoms with van der Waals surface area (Å²) in [5.41, 5.74) is 1.13. The first-order valence-electron chi connectivity index (χ1n) is 7.22. The molecule has 0 unspecified atom stereocenters. The molecule has 2 fully saturated rings. The lowest BCUT2D eigenvalue weighted by Gasteiger charge is -2.34. The number of amides is 2. The SMILES string of the molecule is O=C(C=C1CCCCC1)N1CCN(C(=O)C(F)(F)F)CC1. The third-order valence-corrected chi connectivity index (χ3v) is 3.94. The third kappa shape index (κ3) is 4.22. The van der Waals surface area contributed by atoms with Crippen LogP contribution in [0.4, 0.5) is 13.2 Å². The number of allylic oxidation sites excluding steroid dienone is 1. The molecule has 21 heavy (non-hydrogen) atoms. The molecule has 2 amide bonds. The van der Waals surface area contributed by atoms with Crippen molar-refractivity contribution in [3.05, 3.63) is 11.6 Å². The fraction of sp³-hybridized carbons (Fsp3) is 0.714. The number of rotatable bonds is 1. The van der Waals surface area contributed by atoms with E-state index < -0.39 is 12.1 Å². The topological polar surface area (TPSA) is 40.6 Å². The van der Waals surface area contributed by atoms with E-state index in [1.165, 1.54) is 11.3 Å². The summed E-state index contributed by atoms with van der Waals surface area (Å²) in [6, 6.07) is 0. The number of piperazine rings is 1. The van der Waals surface area contributed by atoms with Gasteiger partial charge in [-0.1, -0.05) is 12.0 Å². The predicted octanol–water partition coefficient (Wildman–Crippen LogP) is 2.11. The van der Waals surface area contributed by atoms with Gasteiger partial charge in [-0.15, -0.1) is 0 Å². The molecule has 0 bridgehead atoms. The van der Waals surface area contributed by atoms with E-state index in [4.69, 9.17) is 0 Å². The van der Waals surface area contributed by atoms with Crippen LogP contribution in [0.2, 0.25) is 0 Å². The van der Waals surface area contributed by atoms with Crippen LogP contribution in [0.5, 0.6) is 0 Å². The molecule has 1 aliphatic heterocycles. The average molecular weight is 304 g/mol. The van der Waals surface area contributed by atoms with Gasteiger partial charge >= 0.3 is 12.1 Å². The number of carbonyl (C=O) groups excluding carboxylic acids is 2. The van der Waals surface area contributed by atoms with Crippen molar-refractivity contribution in [1.29, 1.82) is 0 Å². The van der Waals surface area contributed by atoms with E-state index in [0.717, 1.165) is 36.2 Å².